The lowest BCUT2D eigenvalue weighted by atomic mass is 9.83. The molecule has 4 aromatic rings. The van der Waals surface area contributed by atoms with E-state index in [1.807, 2.05) is 17.2 Å². The van der Waals surface area contributed by atoms with E-state index in [0.717, 1.165) is 36.6 Å². The number of benzene rings is 3. The average molecular weight is 473 g/mol. The minimum absolute atomic E-state index is 0.0864. The number of aromatic nitrogens is 1. The first kappa shape index (κ1) is 21.4. The summed E-state index contributed by atoms with van der Waals surface area (Å²) in [4.78, 5) is 19.9. The SMILES string of the molecule is O=C(OCC1c2ccccc2-c2ccccc21)N1C2C=C(c3ccc4ncccc4c3)CC1CCC2. The second kappa shape index (κ2) is 8.63. The van der Waals surface area contributed by atoms with Crippen molar-refractivity contribution in [2.24, 2.45) is 0 Å². The van der Waals surface area contributed by atoms with Crippen molar-refractivity contribution in [3.05, 3.63) is 108 Å². The molecule has 0 spiro atoms. The Morgan fingerprint density at radius 1 is 0.917 bits per heavy atom. The number of hydrogen-bond donors (Lipinski definition) is 0. The Hall–Kier alpha value is -3.92. The fourth-order valence-electron chi connectivity index (χ4n) is 6.47. The molecule has 0 radical (unpaired) electrons. The highest BCUT2D eigenvalue weighted by atomic mass is 16.6. The molecule has 2 unspecified atom stereocenters. The van der Waals surface area contributed by atoms with E-state index in [-0.39, 0.29) is 24.1 Å². The molecule has 3 aromatic carbocycles. The Bertz CT molecular complexity index is 1460. The summed E-state index contributed by atoms with van der Waals surface area (Å²) in [6.07, 6.45) is 7.98. The lowest BCUT2D eigenvalue weighted by Gasteiger charge is -2.44. The van der Waals surface area contributed by atoms with Gasteiger partial charge in [0.15, 0.2) is 0 Å². The molecule has 2 aliphatic heterocycles. The van der Waals surface area contributed by atoms with Gasteiger partial charge in [-0.15, -0.1) is 0 Å². The van der Waals surface area contributed by atoms with Gasteiger partial charge in [0.05, 0.1) is 11.6 Å². The van der Waals surface area contributed by atoms with Crippen LogP contribution < -0.4 is 0 Å². The van der Waals surface area contributed by atoms with Crippen molar-refractivity contribution < 1.29 is 9.53 Å². The number of fused-ring (bicyclic) bond motifs is 6. The molecule has 4 nitrogen and oxygen atoms in total. The zero-order valence-electron chi connectivity index (χ0n) is 20.1. The van der Waals surface area contributed by atoms with Crippen molar-refractivity contribution in [3.8, 4) is 11.1 Å². The van der Waals surface area contributed by atoms with Crippen molar-refractivity contribution in [2.45, 2.75) is 43.7 Å². The van der Waals surface area contributed by atoms with E-state index in [1.54, 1.807) is 0 Å². The number of hydrogen-bond acceptors (Lipinski definition) is 3. The van der Waals surface area contributed by atoms with Gasteiger partial charge in [-0.05, 0) is 77.3 Å². The summed E-state index contributed by atoms with van der Waals surface area (Å²) >= 11 is 0. The van der Waals surface area contributed by atoms with E-state index >= 15 is 0 Å². The van der Waals surface area contributed by atoms with E-state index < -0.39 is 0 Å². The Balaban J connectivity index is 1.12. The Morgan fingerprint density at radius 2 is 1.69 bits per heavy atom. The lowest BCUT2D eigenvalue weighted by Crippen LogP contribution is -2.51. The number of carbonyl (C=O) groups is 1. The van der Waals surface area contributed by atoms with Gasteiger partial charge in [0.2, 0.25) is 0 Å². The molecule has 0 saturated carbocycles. The second-order valence-corrected chi connectivity index (χ2v) is 10.2. The number of carbonyl (C=O) groups excluding carboxylic acids is 1. The number of nitrogens with zero attached hydrogens (tertiary/aromatic N) is 2. The van der Waals surface area contributed by atoms with Gasteiger partial charge in [-0.3, -0.25) is 9.88 Å². The van der Waals surface area contributed by atoms with Crippen LogP contribution >= 0.6 is 0 Å². The molecule has 3 aliphatic rings. The van der Waals surface area contributed by atoms with Gasteiger partial charge in [-0.2, -0.15) is 0 Å². The first-order chi connectivity index (χ1) is 17.8. The van der Waals surface area contributed by atoms with Crippen LogP contribution in [0.5, 0.6) is 0 Å². The van der Waals surface area contributed by atoms with E-state index in [4.69, 9.17) is 4.74 Å². The molecule has 178 valence electrons. The number of rotatable bonds is 3. The molecule has 1 saturated heterocycles. The number of ether oxygens (including phenoxy) is 1. The third-order valence-corrected chi connectivity index (χ3v) is 8.16. The van der Waals surface area contributed by atoms with Gasteiger partial charge < -0.3 is 4.74 Å². The van der Waals surface area contributed by atoms with Crippen molar-refractivity contribution in [2.75, 3.05) is 6.61 Å². The maximum Gasteiger partial charge on any atom is 0.410 e. The number of piperidine rings is 1. The quantitative estimate of drug-likeness (QED) is 0.317. The van der Waals surface area contributed by atoms with Crippen LogP contribution in [0.4, 0.5) is 4.79 Å². The molecule has 1 aromatic heterocycles. The fraction of sp³-hybridized carbons (Fsp3) is 0.250. The van der Waals surface area contributed by atoms with Gasteiger partial charge in [0, 0.05) is 23.5 Å². The Kier molecular flexibility index (Phi) is 5.12. The topological polar surface area (TPSA) is 42.4 Å². The highest BCUT2D eigenvalue weighted by Crippen LogP contribution is 2.45. The maximum absolute atomic E-state index is 13.5. The standard InChI is InChI=1S/C32H28N2O2/c35-32(36-20-30-28-12-3-1-10-26(28)27-11-2-4-13-29(27)30)34-24-8-5-9-25(34)19-23(18-24)21-14-15-31-22(17-21)7-6-16-33-31/h1-4,6-7,10-18,24-25,30H,5,8-9,19-20H2. The van der Waals surface area contributed by atoms with Gasteiger partial charge in [0.25, 0.3) is 0 Å². The third kappa shape index (κ3) is 3.51. The highest BCUT2D eigenvalue weighted by Gasteiger charge is 2.39. The van der Waals surface area contributed by atoms with Crippen molar-refractivity contribution in [3.63, 3.8) is 0 Å². The summed E-state index contributed by atoms with van der Waals surface area (Å²) in [6, 6.07) is 27.8. The Labute approximate surface area is 211 Å². The van der Waals surface area contributed by atoms with E-state index in [1.165, 1.54) is 33.4 Å². The van der Waals surface area contributed by atoms with Crippen LogP contribution in [-0.4, -0.2) is 34.7 Å². The van der Waals surface area contributed by atoms with Crippen molar-refractivity contribution in [1.29, 1.82) is 0 Å². The summed E-state index contributed by atoms with van der Waals surface area (Å²) in [7, 11) is 0. The van der Waals surface area contributed by atoms with Crippen LogP contribution in [0, 0.1) is 0 Å². The van der Waals surface area contributed by atoms with Crippen LogP contribution in [0.3, 0.4) is 0 Å². The normalized spacial score (nSPS) is 20.6. The zero-order chi connectivity index (χ0) is 24.1. The van der Waals surface area contributed by atoms with E-state index in [0.29, 0.717) is 6.61 Å². The minimum atomic E-state index is -0.176. The molecular weight excluding hydrogens is 444 g/mol. The van der Waals surface area contributed by atoms with E-state index in [9.17, 15) is 4.79 Å². The molecule has 1 fully saturated rings. The van der Waals surface area contributed by atoms with Crippen LogP contribution in [0.1, 0.15) is 48.3 Å². The predicted octanol–water partition coefficient (Wildman–Crippen LogP) is 7.19. The summed E-state index contributed by atoms with van der Waals surface area (Å²) in [5.41, 5.74) is 8.58. The molecular formula is C32H28N2O2. The molecule has 1 amide bonds. The summed E-state index contributed by atoms with van der Waals surface area (Å²) in [6.45, 7) is 0.372. The molecule has 2 bridgehead atoms. The molecule has 36 heavy (non-hydrogen) atoms. The maximum atomic E-state index is 13.5. The van der Waals surface area contributed by atoms with Gasteiger partial charge in [-0.25, -0.2) is 4.79 Å². The molecule has 7 rings (SSSR count). The smallest absolute Gasteiger partial charge is 0.410 e. The van der Waals surface area contributed by atoms with Crippen LogP contribution in [0.2, 0.25) is 0 Å². The first-order valence-corrected chi connectivity index (χ1v) is 13.0. The van der Waals surface area contributed by atoms with E-state index in [2.05, 4.69) is 83.9 Å². The average Bonchev–Trinajstić information content (AvgIpc) is 3.24. The van der Waals surface area contributed by atoms with Gasteiger partial charge in [0.1, 0.15) is 6.61 Å². The monoisotopic (exact) mass is 472 g/mol. The first-order valence-electron chi connectivity index (χ1n) is 13.0. The van der Waals surface area contributed by atoms with Gasteiger partial charge >= 0.3 is 6.09 Å². The largest absolute Gasteiger partial charge is 0.448 e. The summed E-state index contributed by atoms with van der Waals surface area (Å²) < 4.78 is 6.06. The molecule has 1 aliphatic carbocycles. The lowest BCUT2D eigenvalue weighted by molar-refractivity contribution is 0.0539. The van der Waals surface area contributed by atoms with Gasteiger partial charge in [-0.1, -0.05) is 66.7 Å². The van der Waals surface area contributed by atoms with Crippen molar-refractivity contribution in [1.82, 2.24) is 9.88 Å². The third-order valence-electron chi connectivity index (χ3n) is 8.16. The number of pyridine rings is 1. The Morgan fingerprint density at radius 3 is 2.47 bits per heavy atom. The molecule has 2 atom stereocenters. The van der Waals surface area contributed by atoms with Crippen LogP contribution in [-0.2, 0) is 4.74 Å². The minimum Gasteiger partial charge on any atom is -0.448 e. The zero-order valence-corrected chi connectivity index (χ0v) is 20.1. The molecule has 0 N–H and O–H groups in total. The highest BCUT2D eigenvalue weighted by molar-refractivity contribution is 5.84. The van der Waals surface area contributed by atoms with Crippen LogP contribution in [0.25, 0.3) is 27.6 Å². The number of amides is 1. The summed E-state index contributed by atoms with van der Waals surface area (Å²) in [5.74, 6) is 0.0864. The molecule has 3 heterocycles. The second-order valence-electron chi connectivity index (χ2n) is 10.2. The predicted molar refractivity (Wildman–Crippen MR) is 143 cm³/mol. The fourth-order valence-corrected chi connectivity index (χ4v) is 6.47. The van der Waals surface area contributed by atoms with Crippen molar-refractivity contribution >= 4 is 22.6 Å². The van der Waals surface area contributed by atoms with Crippen LogP contribution in [0.15, 0.2) is 91.1 Å². The summed E-state index contributed by atoms with van der Waals surface area (Å²) in [5, 5.41) is 1.15. The molecule has 4 heteroatoms.